The van der Waals surface area contributed by atoms with Crippen LogP contribution in [0.4, 0.5) is 17.6 Å². The molecule has 0 aliphatic carbocycles. The molecular formula is C13H9F4NO3. The third-order valence-electron chi connectivity index (χ3n) is 3.08. The van der Waals surface area contributed by atoms with Crippen molar-refractivity contribution in [2.45, 2.75) is 13.0 Å². The highest BCUT2D eigenvalue weighted by atomic mass is 19.2. The Labute approximate surface area is 115 Å². The second-order valence-electron chi connectivity index (χ2n) is 4.47. The molecule has 0 fully saturated rings. The topological polar surface area (TPSA) is 59.3 Å². The number of carboxylic acids is 1. The van der Waals surface area contributed by atoms with Crippen LogP contribution >= 0.6 is 0 Å². The lowest BCUT2D eigenvalue weighted by Gasteiger charge is -2.17. The maximum Gasteiger partial charge on any atom is 0.341 e. The molecule has 1 aromatic carbocycles. The second kappa shape index (κ2) is 5.19. The highest BCUT2D eigenvalue weighted by Gasteiger charge is 2.23. The van der Waals surface area contributed by atoms with E-state index in [2.05, 4.69) is 0 Å². The van der Waals surface area contributed by atoms with Crippen LogP contribution < -0.4 is 5.43 Å². The van der Waals surface area contributed by atoms with Crippen molar-refractivity contribution in [3.05, 3.63) is 45.5 Å². The largest absolute Gasteiger partial charge is 0.477 e. The van der Waals surface area contributed by atoms with Crippen molar-refractivity contribution in [3.63, 3.8) is 0 Å². The number of hydrogen-bond donors (Lipinski definition) is 1. The zero-order chi connectivity index (χ0) is 15.9. The fourth-order valence-electron chi connectivity index (χ4n) is 1.99. The highest BCUT2D eigenvalue weighted by Crippen LogP contribution is 2.24. The number of benzene rings is 1. The van der Waals surface area contributed by atoms with E-state index in [1.165, 1.54) is 6.92 Å². The van der Waals surface area contributed by atoms with E-state index in [1.807, 2.05) is 0 Å². The Bertz CT molecular complexity index is 800. The van der Waals surface area contributed by atoms with Gasteiger partial charge in [-0.15, -0.1) is 0 Å². The number of rotatable bonds is 3. The molecule has 1 heterocycles. The lowest BCUT2D eigenvalue weighted by Crippen LogP contribution is -2.22. The third-order valence-corrected chi connectivity index (χ3v) is 3.08. The van der Waals surface area contributed by atoms with Crippen molar-refractivity contribution in [2.75, 3.05) is 6.67 Å². The Hall–Kier alpha value is -2.38. The SMILES string of the molecule is C[C@@H](CF)n1cc(C(=O)O)c(=O)c2cc(F)c(F)c(F)c21. The van der Waals surface area contributed by atoms with Crippen LogP contribution in [0.2, 0.25) is 0 Å². The molecule has 0 amide bonds. The van der Waals surface area contributed by atoms with Crippen LogP contribution in [-0.2, 0) is 0 Å². The van der Waals surface area contributed by atoms with E-state index >= 15 is 0 Å². The zero-order valence-electron chi connectivity index (χ0n) is 10.7. The highest BCUT2D eigenvalue weighted by molar-refractivity contribution is 5.92. The molecule has 21 heavy (non-hydrogen) atoms. The van der Waals surface area contributed by atoms with E-state index in [0.717, 1.165) is 10.8 Å². The second-order valence-corrected chi connectivity index (χ2v) is 4.47. The van der Waals surface area contributed by atoms with Crippen molar-refractivity contribution in [3.8, 4) is 0 Å². The molecule has 112 valence electrons. The fraction of sp³-hybridized carbons (Fsp3) is 0.231. The zero-order valence-corrected chi connectivity index (χ0v) is 10.7. The summed E-state index contributed by atoms with van der Waals surface area (Å²) < 4.78 is 54.0. The summed E-state index contributed by atoms with van der Waals surface area (Å²) in [5.74, 6) is -6.74. The minimum Gasteiger partial charge on any atom is -0.477 e. The normalized spacial score (nSPS) is 12.6. The summed E-state index contributed by atoms with van der Waals surface area (Å²) in [7, 11) is 0. The average Bonchev–Trinajstić information content (AvgIpc) is 2.44. The molecule has 0 aliphatic heterocycles. The Kier molecular flexibility index (Phi) is 3.71. The minimum absolute atomic E-state index is 0.407. The number of nitrogens with zero attached hydrogens (tertiary/aromatic N) is 1. The van der Waals surface area contributed by atoms with Gasteiger partial charge in [-0.3, -0.25) is 4.79 Å². The molecule has 2 rings (SSSR count). The van der Waals surface area contributed by atoms with Gasteiger partial charge < -0.3 is 9.67 Å². The number of hydrogen-bond acceptors (Lipinski definition) is 2. The van der Waals surface area contributed by atoms with Crippen molar-refractivity contribution >= 4 is 16.9 Å². The molecular weight excluding hydrogens is 294 g/mol. The van der Waals surface area contributed by atoms with Crippen LogP contribution in [0.3, 0.4) is 0 Å². The molecule has 0 saturated carbocycles. The van der Waals surface area contributed by atoms with E-state index in [9.17, 15) is 27.2 Å². The summed E-state index contributed by atoms with van der Waals surface area (Å²) in [6.07, 6.45) is 0.720. The fourth-order valence-corrected chi connectivity index (χ4v) is 1.99. The lowest BCUT2D eigenvalue weighted by molar-refractivity contribution is 0.0694. The first-order valence-electron chi connectivity index (χ1n) is 5.81. The summed E-state index contributed by atoms with van der Waals surface area (Å²) in [6.45, 7) is 0.256. The maximum absolute atomic E-state index is 13.9. The van der Waals surface area contributed by atoms with Gasteiger partial charge in [-0.25, -0.2) is 22.4 Å². The quantitative estimate of drug-likeness (QED) is 0.700. The van der Waals surface area contributed by atoms with Gasteiger partial charge in [0.25, 0.3) is 0 Å². The molecule has 0 radical (unpaired) electrons. The van der Waals surface area contributed by atoms with E-state index in [0.29, 0.717) is 6.07 Å². The van der Waals surface area contributed by atoms with Crippen LogP contribution in [0.5, 0.6) is 0 Å². The number of alkyl halides is 1. The number of carbonyl (C=O) groups is 1. The van der Waals surface area contributed by atoms with Crippen molar-refractivity contribution in [1.82, 2.24) is 4.57 Å². The first-order valence-corrected chi connectivity index (χ1v) is 5.81. The summed E-state index contributed by atoms with van der Waals surface area (Å²) in [5.41, 5.74) is -2.63. The number of carboxylic acid groups (broad SMARTS) is 1. The first kappa shape index (κ1) is 15.0. The van der Waals surface area contributed by atoms with Crippen LogP contribution in [-0.4, -0.2) is 22.3 Å². The van der Waals surface area contributed by atoms with Crippen molar-refractivity contribution in [2.24, 2.45) is 0 Å². The lowest BCUT2D eigenvalue weighted by atomic mass is 10.1. The molecule has 0 saturated heterocycles. The van der Waals surface area contributed by atoms with Crippen molar-refractivity contribution in [1.29, 1.82) is 0 Å². The van der Waals surface area contributed by atoms with Gasteiger partial charge >= 0.3 is 5.97 Å². The van der Waals surface area contributed by atoms with Gasteiger partial charge in [-0.2, -0.15) is 0 Å². The molecule has 1 aromatic heterocycles. The number of aromatic nitrogens is 1. The Morgan fingerprint density at radius 2 is 1.95 bits per heavy atom. The molecule has 4 nitrogen and oxygen atoms in total. The summed E-state index contributed by atoms with van der Waals surface area (Å²) in [5, 5.41) is 8.27. The molecule has 0 bridgehead atoms. The third kappa shape index (κ3) is 2.26. The van der Waals surface area contributed by atoms with Crippen LogP contribution in [0.1, 0.15) is 23.3 Å². The monoisotopic (exact) mass is 303 g/mol. The minimum atomic E-state index is -1.82. The maximum atomic E-state index is 13.9. The van der Waals surface area contributed by atoms with Crippen LogP contribution in [0, 0.1) is 17.5 Å². The van der Waals surface area contributed by atoms with Gasteiger partial charge in [-0.1, -0.05) is 0 Å². The number of pyridine rings is 1. The van der Waals surface area contributed by atoms with Crippen LogP contribution in [0.15, 0.2) is 17.1 Å². The Morgan fingerprint density at radius 3 is 2.48 bits per heavy atom. The van der Waals surface area contributed by atoms with E-state index in [4.69, 9.17) is 5.11 Å². The Balaban J connectivity index is 3.07. The van der Waals surface area contributed by atoms with Gasteiger partial charge in [0.05, 0.1) is 16.9 Å². The van der Waals surface area contributed by atoms with Gasteiger partial charge in [0, 0.05) is 6.20 Å². The number of halogens is 4. The van der Waals surface area contributed by atoms with Gasteiger partial charge in [-0.05, 0) is 13.0 Å². The molecule has 1 N–H and O–H groups in total. The molecule has 0 spiro atoms. The van der Waals surface area contributed by atoms with Crippen molar-refractivity contribution < 1.29 is 27.5 Å². The standard InChI is InChI=1S/C13H9F4NO3/c1-5(3-14)18-4-7(13(20)21)12(19)6-2-8(15)9(16)10(17)11(6)18/h2,4-5H,3H2,1H3,(H,20,21)/t5-/m0/s1. The van der Waals surface area contributed by atoms with Crippen LogP contribution in [0.25, 0.3) is 10.9 Å². The number of aromatic carboxylic acids is 1. The summed E-state index contributed by atoms with van der Waals surface area (Å²) >= 11 is 0. The van der Waals surface area contributed by atoms with E-state index in [1.54, 1.807) is 0 Å². The predicted octanol–water partition coefficient (Wildman–Crippen LogP) is 2.65. The smallest absolute Gasteiger partial charge is 0.341 e. The summed E-state index contributed by atoms with van der Waals surface area (Å²) in [4.78, 5) is 22.9. The molecule has 0 unspecified atom stereocenters. The van der Waals surface area contributed by atoms with Gasteiger partial charge in [0.15, 0.2) is 17.5 Å². The van der Waals surface area contributed by atoms with E-state index in [-0.39, 0.29) is 0 Å². The first-order chi connectivity index (χ1) is 9.79. The molecule has 8 heteroatoms. The van der Waals surface area contributed by atoms with E-state index < -0.39 is 58.0 Å². The molecule has 2 aromatic rings. The molecule has 0 aliphatic rings. The predicted molar refractivity (Wildman–Crippen MR) is 65.7 cm³/mol. The van der Waals surface area contributed by atoms with Gasteiger partial charge in [0.1, 0.15) is 12.2 Å². The van der Waals surface area contributed by atoms with Gasteiger partial charge in [0.2, 0.25) is 5.43 Å². The Morgan fingerprint density at radius 1 is 1.33 bits per heavy atom. The average molecular weight is 303 g/mol. The number of fused-ring (bicyclic) bond motifs is 1. The molecule has 1 atom stereocenters. The summed E-state index contributed by atoms with van der Waals surface area (Å²) in [6, 6.07) is -0.658.